The number of benzene rings is 1. The minimum atomic E-state index is -1.48. The largest absolute Gasteiger partial charge is 0.508 e. The highest BCUT2D eigenvalue weighted by Gasteiger charge is 2.39. The number of nitrogens with zero attached hydrogens (tertiary/aromatic N) is 1. The summed E-state index contributed by atoms with van der Waals surface area (Å²) in [4.78, 5) is 43.7. The Morgan fingerprint density at radius 3 is 2.39 bits per heavy atom. The van der Waals surface area contributed by atoms with Crippen LogP contribution in [0.25, 0.3) is 0 Å². The minimum Gasteiger partial charge on any atom is -0.508 e. The minimum absolute atomic E-state index is 0.123. The molecule has 1 aliphatic heterocycles. The van der Waals surface area contributed by atoms with Crippen LogP contribution in [0.1, 0.15) is 45.0 Å². The fraction of sp³-hybridized carbons (Fsp3) is 0.481. The first-order chi connectivity index (χ1) is 18.0. The fourth-order valence-electron chi connectivity index (χ4n) is 4.32. The molecule has 1 aliphatic rings. The Bertz CT molecular complexity index is 1110. The number of hydrogen-bond acceptors (Lipinski definition) is 9. The number of phenolic OH excluding ortho intramolecular Hbond substituents is 1. The SMILES string of the molecule is CC(C)C1NC(=O)C(C)C(O)C(Cc2cccnc2)NC(=O)C(NC(O)c2ccccc2O)C(C)OC1=O. The van der Waals surface area contributed by atoms with E-state index in [0.29, 0.717) is 0 Å². The number of aliphatic hydroxyl groups is 2. The molecule has 2 amide bonds. The quantitative estimate of drug-likeness (QED) is 0.231. The third-order valence-corrected chi connectivity index (χ3v) is 6.69. The van der Waals surface area contributed by atoms with Gasteiger partial charge in [-0.15, -0.1) is 0 Å². The number of phenols is 1. The first-order valence-corrected chi connectivity index (χ1v) is 12.6. The monoisotopic (exact) mass is 528 g/mol. The topological polar surface area (TPSA) is 170 Å². The molecule has 0 saturated carbocycles. The van der Waals surface area contributed by atoms with Crippen molar-refractivity contribution in [2.24, 2.45) is 11.8 Å². The van der Waals surface area contributed by atoms with Crippen molar-refractivity contribution in [2.45, 2.75) is 70.7 Å². The average Bonchev–Trinajstić information content (AvgIpc) is 2.88. The van der Waals surface area contributed by atoms with E-state index in [-0.39, 0.29) is 23.7 Å². The van der Waals surface area contributed by atoms with E-state index in [0.717, 1.165) is 5.56 Å². The van der Waals surface area contributed by atoms with E-state index in [1.54, 1.807) is 50.5 Å². The Hall–Kier alpha value is -3.54. The van der Waals surface area contributed by atoms with Gasteiger partial charge in [0.2, 0.25) is 11.8 Å². The van der Waals surface area contributed by atoms with Gasteiger partial charge in [0.1, 0.15) is 30.2 Å². The molecular formula is C27H36N4O7. The van der Waals surface area contributed by atoms with E-state index in [9.17, 15) is 29.7 Å². The zero-order valence-corrected chi connectivity index (χ0v) is 21.9. The van der Waals surface area contributed by atoms with Gasteiger partial charge in [0.05, 0.1) is 18.1 Å². The van der Waals surface area contributed by atoms with Gasteiger partial charge in [-0.05, 0) is 37.0 Å². The Balaban J connectivity index is 1.98. The Morgan fingerprint density at radius 2 is 1.76 bits per heavy atom. The number of rotatable bonds is 6. The highest BCUT2D eigenvalue weighted by Crippen LogP contribution is 2.23. The van der Waals surface area contributed by atoms with Gasteiger partial charge in [0, 0.05) is 18.0 Å². The van der Waals surface area contributed by atoms with Gasteiger partial charge in [-0.1, -0.05) is 45.0 Å². The molecule has 206 valence electrons. The summed E-state index contributed by atoms with van der Waals surface area (Å²) in [7, 11) is 0. The molecule has 0 radical (unpaired) electrons. The maximum atomic E-state index is 13.6. The number of esters is 1. The first-order valence-electron chi connectivity index (χ1n) is 12.6. The van der Waals surface area contributed by atoms with Crippen LogP contribution in [0.3, 0.4) is 0 Å². The van der Waals surface area contributed by atoms with Gasteiger partial charge in [-0.25, -0.2) is 4.79 Å². The summed E-state index contributed by atoms with van der Waals surface area (Å²) < 4.78 is 5.59. The maximum absolute atomic E-state index is 13.6. The lowest BCUT2D eigenvalue weighted by Gasteiger charge is -2.34. The second-order valence-corrected chi connectivity index (χ2v) is 9.94. The fourth-order valence-corrected chi connectivity index (χ4v) is 4.32. The van der Waals surface area contributed by atoms with Crippen LogP contribution in [0.5, 0.6) is 5.75 Å². The molecule has 1 saturated heterocycles. The van der Waals surface area contributed by atoms with Crippen molar-refractivity contribution in [2.75, 3.05) is 0 Å². The van der Waals surface area contributed by atoms with Gasteiger partial charge in [-0.2, -0.15) is 0 Å². The van der Waals surface area contributed by atoms with Crippen LogP contribution in [0.15, 0.2) is 48.8 Å². The van der Waals surface area contributed by atoms with Gasteiger partial charge in [-0.3, -0.25) is 19.9 Å². The summed E-state index contributed by atoms with van der Waals surface area (Å²) in [6.07, 6.45) is -0.554. The molecule has 0 bridgehead atoms. The summed E-state index contributed by atoms with van der Waals surface area (Å²) in [6.45, 7) is 6.46. The summed E-state index contributed by atoms with van der Waals surface area (Å²) in [5.41, 5.74) is 0.840. The number of aromatic nitrogens is 1. The highest BCUT2D eigenvalue weighted by atomic mass is 16.5. The van der Waals surface area contributed by atoms with E-state index in [2.05, 4.69) is 20.9 Å². The number of nitrogens with one attached hydrogen (secondary N) is 3. The summed E-state index contributed by atoms with van der Waals surface area (Å²) in [5.74, 6) is -3.51. The lowest BCUT2D eigenvalue weighted by Crippen LogP contribution is -2.60. The smallest absolute Gasteiger partial charge is 0.329 e. The molecule has 38 heavy (non-hydrogen) atoms. The number of amides is 2. The summed E-state index contributed by atoms with van der Waals surface area (Å²) >= 11 is 0. The molecule has 0 aliphatic carbocycles. The summed E-state index contributed by atoms with van der Waals surface area (Å²) in [6, 6.07) is 6.35. The molecule has 3 rings (SSSR count). The van der Waals surface area contributed by atoms with Crippen LogP contribution < -0.4 is 16.0 Å². The standard InChI is InChI=1S/C27H36N4O7/c1-14(2)21-27(37)38-16(4)22(31-25(35)18-9-5-6-10-20(18)32)26(36)29-19(12-17-8-7-11-28-13-17)23(33)15(3)24(34)30-21/h5-11,13-16,19,21-23,25,31-33,35H,12H2,1-4H3,(H,29,36)(H,30,34). The molecule has 2 heterocycles. The van der Waals surface area contributed by atoms with Crippen LogP contribution in [-0.2, 0) is 25.5 Å². The van der Waals surface area contributed by atoms with Crippen molar-refractivity contribution < 1.29 is 34.4 Å². The zero-order valence-electron chi connectivity index (χ0n) is 21.9. The molecule has 11 heteroatoms. The third-order valence-electron chi connectivity index (χ3n) is 6.69. The van der Waals surface area contributed by atoms with Crippen LogP contribution >= 0.6 is 0 Å². The van der Waals surface area contributed by atoms with E-state index in [4.69, 9.17) is 4.74 Å². The number of aliphatic hydroxyl groups excluding tert-OH is 2. The highest BCUT2D eigenvalue weighted by molar-refractivity contribution is 5.88. The molecule has 7 atom stereocenters. The van der Waals surface area contributed by atoms with Crippen molar-refractivity contribution in [1.29, 1.82) is 0 Å². The number of carbonyl (C=O) groups excluding carboxylic acids is 3. The van der Waals surface area contributed by atoms with Crippen molar-refractivity contribution in [3.63, 3.8) is 0 Å². The van der Waals surface area contributed by atoms with Gasteiger partial charge in [0.25, 0.3) is 0 Å². The van der Waals surface area contributed by atoms with Crippen LogP contribution in [0, 0.1) is 11.8 Å². The third kappa shape index (κ3) is 7.06. The second kappa shape index (κ2) is 12.8. The van der Waals surface area contributed by atoms with E-state index < -0.39 is 60.3 Å². The number of carbonyl (C=O) groups is 3. The van der Waals surface area contributed by atoms with Crippen LogP contribution in [0.2, 0.25) is 0 Å². The lowest BCUT2D eigenvalue weighted by molar-refractivity contribution is -0.158. The first kappa shape index (κ1) is 29.0. The number of hydrogen-bond donors (Lipinski definition) is 6. The van der Waals surface area contributed by atoms with E-state index >= 15 is 0 Å². The van der Waals surface area contributed by atoms with Gasteiger partial charge >= 0.3 is 5.97 Å². The number of para-hydroxylation sites is 1. The molecular weight excluding hydrogens is 492 g/mol. The number of pyridine rings is 1. The average molecular weight is 529 g/mol. The van der Waals surface area contributed by atoms with Crippen molar-refractivity contribution in [3.8, 4) is 5.75 Å². The van der Waals surface area contributed by atoms with Crippen molar-refractivity contribution >= 4 is 17.8 Å². The Morgan fingerprint density at radius 1 is 1.05 bits per heavy atom. The van der Waals surface area contributed by atoms with Crippen molar-refractivity contribution in [1.82, 2.24) is 20.9 Å². The Kier molecular flexibility index (Phi) is 9.78. The predicted molar refractivity (Wildman–Crippen MR) is 137 cm³/mol. The zero-order chi connectivity index (χ0) is 28.0. The number of cyclic esters (lactones) is 1. The normalized spacial score (nSPS) is 27.9. The Labute approximate surface area is 221 Å². The maximum Gasteiger partial charge on any atom is 0.329 e. The molecule has 6 N–H and O–H groups in total. The lowest BCUT2D eigenvalue weighted by atomic mass is 9.91. The molecule has 11 nitrogen and oxygen atoms in total. The van der Waals surface area contributed by atoms with E-state index in [1.807, 2.05) is 0 Å². The van der Waals surface area contributed by atoms with Gasteiger partial charge in [0.15, 0.2) is 0 Å². The molecule has 7 unspecified atom stereocenters. The molecule has 1 aromatic heterocycles. The summed E-state index contributed by atoms with van der Waals surface area (Å²) in [5, 5.41) is 40.3. The second-order valence-electron chi connectivity index (χ2n) is 9.94. The van der Waals surface area contributed by atoms with E-state index in [1.165, 1.54) is 26.0 Å². The van der Waals surface area contributed by atoms with Crippen molar-refractivity contribution in [3.05, 3.63) is 59.9 Å². The van der Waals surface area contributed by atoms with Gasteiger partial charge < -0.3 is 30.7 Å². The van der Waals surface area contributed by atoms with Crippen LogP contribution in [-0.4, -0.2) is 68.4 Å². The molecule has 1 fully saturated rings. The number of ether oxygens (including phenoxy) is 1. The predicted octanol–water partition coefficient (Wildman–Crippen LogP) is 0.547. The molecule has 1 aromatic carbocycles. The molecule has 0 spiro atoms. The molecule has 2 aromatic rings. The number of aromatic hydroxyl groups is 1. The van der Waals surface area contributed by atoms with Crippen LogP contribution in [0.4, 0.5) is 0 Å².